The molecule has 3 atom stereocenters. The number of nitrogens with one attached hydrogen (secondary N) is 1. The number of hydrogen-bond donors (Lipinski definition) is 2. The SMILES string of the molecule is COC[C@@H]1C[C@H](NC(=O)OC(C)(C)C)CC[C@@H]1N. The molecule has 1 fully saturated rings. The highest BCUT2D eigenvalue weighted by molar-refractivity contribution is 5.68. The summed E-state index contributed by atoms with van der Waals surface area (Å²) < 4.78 is 10.4. The van der Waals surface area contributed by atoms with Crippen molar-refractivity contribution in [3.05, 3.63) is 0 Å². The minimum atomic E-state index is -0.457. The molecule has 0 aliphatic heterocycles. The zero-order valence-corrected chi connectivity index (χ0v) is 11.9. The maximum atomic E-state index is 11.7. The number of rotatable bonds is 3. The molecule has 5 heteroatoms. The van der Waals surface area contributed by atoms with Gasteiger partial charge in [0.1, 0.15) is 5.60 Å². The van der Waals surface area contributed by atoms with E-state index in [0.717, 1.165) is 19.3 Å². The first kappa shape index (κ1) is 15.2. The number of methoxy groups -OCH3 is 1. The molecule has 1 aliphatic rings. The molecule has 106 valence electrons. The lowest BCUT2D eigenvalue weighted by molar-refractivity contribution is 0.0457. The maximum Gasteiger partial charge on any atom is 0.407 e. The van der Waals surface area contributed by atoms with Crippen LogP contribution in [0.4, 0.5) is 4.79 Å². The second-order valence-electron chi connectivity index (χ2n) is 6.04. The van der Waals surface area contributed by atoms with Gasteiger partial charge in [0, 0.05) is 19.2 Å². The third-order valence-corrected chi connectivity index (χ3v) is 3.14. The van der Waals surface area contributed by atoms with Crippen LogP contribution in [0.25, 0.3) is 0 Å². The van der Waals surface area contributed by atoms with Gasteiger partial charge < -0.3 is 20.5 Å². The Hall–Kier alpha value is -0.810. The number of hydrogen-bond acceptors (Lipinski definition) is 4. The number of nitrogens with two attached hydrogens (primary N) is 1. The van der Waals surface area contributed by atoms with E-state index in [1.54, 1.807) is 7.11 Å². The molecule has 0 aromatic carbocycles. The lowest BCUT2D eigenvalue weighted by atomic mass is 9.82. The molecule has 0 unspecified atom stereocenters. The van der Waals surface area contributed by atoms with Crippen LogP contribution in [0.3, 0.4) is 0 Å². The average molecular weight is 258 g/mol. The van der Waals surface area contributed by atoms with Crippen LogP contribution in [0.2, 0.25) is 0 Å². The Morgan fingerprint density at radius 3 is 2.61 bits per heavy atom. The molecule has 1 rings (SSSR count). The van der Waals surface area contributed by atoms with Gasteiger partial charge in [0.25, 0.3) is 0 Å². The monoisotopic (exact) mass is 258 g/mol. The van der Waals surface area contributed by atoms with Crippen LogP contribution >= 0.6 is 0 Å². The fourth-order valence-electron chi connectivity index (χ4n) is 2.30. The molecule has 18 heavy (non-hydrogen) atoms. The van der Waals surface area contributed by atoms with Crippen molar-refractivity contribution in [1.29, 1.82) is 0 Å². The summed E-state index contributed by atoms with van der Waals surface area (Å²) in [5, 5.41) is 2.91. The van der Waals surface area contributed by atoms with E-state index in [-0.39, 0.29) is 18.2 Å². The van der Waals surface area contributed by atoms with Gasteiger partial charge in [-0.3, -0.25) is 0 Å². The second kappa shape index (κ2) is 6.38. The van der Waals surface area contributed by atoms with Crippen molar-refractivity contribution in [2.45, 2.75) is 57.7 Å². The van der Waals surface area contributed by atoms with Crippen molar-refractivity contribution >= 4 is 6.09 Å². The summed E-state index contributed by atoms with van der Waals surface area (Å²) in [6, 6.07) is 0.307. The van der Waals surface area contributed by atoms with Gasteiger partial charge in [0.05, 0.1) is 6.61 Å². The van der Waals surface area contributed by atoms with Crippen molar-refractivity contribution in [1.82, 2.24) is 5.32 Å². The van der Waals surface area contributed by atoms with Crippen LogP contribution < -0.4 is 11.1 Å². The first-order chi connectivity index (χ1) is 8.31. The standard InChI is InChI=1S/C13H26N2O3/c1-13(2,3)18-12(16)15-10-5-6-11(14)9(7-10)8-17-4/h9-11H,5-8,14H2,1-4H3,(H,15,16)/t9-,10+,11-/m0/s1. The Labute approximate surface area is 109 Å². The Morgan fingerprint density at radius 1 is 1.39 bits per heavy atom. The van der Waals surface area contributed by atoms with Crippen molar-refractivity contribution in [2.24, 2.45) is 11.7 Å². The normalized spacial score (nSPS) is 28.8. The van der Waals surface area contributed by atoms with Crippen molar-refractivity contribution in [3.8, 4) is 0 Å². The molecule has 0 aromatic rings. The zero-order valence-electron chi connectivity index (χ0n) is 11.9. The summed E-state index contributed by atoms with van der Waals surface area (Å²) in [5.74, 6) is 0.309. The van der Waals surface area contributed by atoms with Gasteiger partial charge in [-0.1, -0.05) is 0 Å². The van der Waals surface area contributed by atoms with Gasteiger partial charge in [-0.2, -0.15) is 0 Å². The van der Waals surface area contributed by atoms with Crippen LogP contribution in [0.1, 0.15) is 40.0 Å². The molecule has 0 bridgehead atoms. The molecule has 0 saturated heterocycles. The third-order valence-electron chi connectivity index (χ3n) is 3.14. The number of carbonyl (C=O) groups excluding carboxylic acids is 1. The summed E-state index contributed by atoms with van der Waals surface area (Å²) in [6.45, 7) is 6.22. The zero-order chi connectivity index (χ0) is 13.8. The highest BCUT2D eigenvalue weighted by Crippen LogP contribution is 2.24. The first-order valence-electron chi connectivity index (χ1n) is 6.56. The topological polar surface area (TPSA) is 73.6 Å². The molecular weight excluding hydrogens is 232 g/mol. The number of carbonyl (C=O) groups is 1. The Balaban J connectivity index is 2.41. The van der Waals surface area contributed by atoms with Crippen LogP contribution in [0, 0.1) is 5.92 Å². The fraction of sp³-hybridized carbons (Fsp3) is 0.923. The predicted molar refractivity (Wildman–Crippen MR) is 70.4 cm³/mol. The molecular formula is C13H26N2O3. The van der Waals surface area contributed by atoms with E-state index in [9.17, 15) is 4.79 Å². The molecule has 1 aliphatic carbocycles. The van der Waals surface area contributed by atoms with Crippen LogP contribution in [0.15, 0.2) is 0 Å². The molecule has 1 saturated carbocycles. The molecule has 5 nitrogen and oxygen atoms in total. The smallest absolute Gasteiger partial charge is 0.407 e. The molecule has 3 N–H and O–H groups in total. The van der Waals surface area contributed by atoms with Gasteiger partial charge in [-0.05, 0) is 46.0 Å². The first-order valence-corrected chi connectivity index (χ1v) is 6.56. The summed E-state index contributed by atoms with van der Waals surface area (Å²) in [6.07, 6.45) is 2.32. The fourth-order valence-corrected chi connectivity index (χ4v) is 2.30. The van der Waals surface area contributed by atoms with Crippen LogP contribution in [0.5, 0.6) is 0 Å². The van der Waals surface area contributed by atoms with E-state index in [1.165, 1.54) is 0 Å². The summed E-state index contributed by atoms with van der Waals surface area (Å²) in [5.41, 5.74) is 5.58. The minimum Gasteiger partial charge on any atom is -0.444 e. The van der Waals surface area contributed by atoms with E-state index in [0.29, 0.717) is 12.5 Å². The van der Waals surface area contributed by atoms with Crippen molar-refractivity contribution in [3.63, 3.8) is 0 Å². The Morgan fingerprint density at radius 2 is 2.06 bits per heavy atom. The van der Waals surface area contributed by atoms with E-state index in [4.69, 9.17) is 15.2 Å². The molecule has 0 spiro atoms. The molecule has 1 amide bonds. The quantitative estimate of drug-likeness (QED) is 0.807. The molecule has 0 radical (unpaired) electrons. The average Bonchev–Trinajstić information content (AvgIpc) is 2.20. The number of amides is 1. The molecule has 0 heterocycles. The van der Waals surface area contributed by atoms with Gasteiger partial charge in [-0.15, -0.1) is 0 Å². The number of alkyl carbamates (subject to hydrolysis) is 1. The van der Waals surface area contributed by atoms with Gasteiger partial charge in [0.2, 0.25) is 0 Å². The minimum absolute atomic E-state index is 0.139. The lowest BCUT2D eigenvalue weighted by Crippen LogP contribution is -2.47. The Bertz CT molecular complexity index is 276. The van der Waals surface area contributed by atoms with Crippen molar-refractivity contribution < 1.29 is 14.3 Å². The second-order valence-corrected chi connectivity index (χ2v) is 6.04. The summed E-state index contributed by atoms with van der Waals surface area (Å²) >= 11 is 0. The summed E-state index contributed by atoms with van der Waals surface area (Å²) in [4.78, 5) is 11.7. The Kier molecular flexibility index (Phi) is 5.41. The summed E-state index contributed by atoms with van der Waals surface area (Å²) in [7, 11) is 1.68. The van der Waals surface area contributed by atoms with Gasteiger partial charge in [0.15, 0.2) is 0 Å². The number of ether oxygens (including phenoxy) is 2. The third kappa shape index (κ3) is 5.23. The van der Waals surface area contributed by atoms with E-state index in [1.807, 2.05) is 20.8 Å². The predicted octanol–water partition coefficient (Wildman–Crippen LogP) is 1.65. The largest absolute Gasteiger partial charge is 0.444 e. The van der Waals surface area contributed by atoms with E-state index < -0.39 is 5.60 Å². The van der Waals surface area contributed by atoms with E-state index in [2.05, 4.69) is 5.32 Å². The highest BCUT2D eigenvalue weighted by Gasteiger charge is 2.29. The highest BCUT2D eigenvalue weighted by atomic mass is 16.6. The van der Waals surface area contributed by atoms with Crippen LogP contribution in [-0.4, -0.2) is 37.5 Å². The lowest BCUT2D eigenvalue weighted by Gasteiger charge is -2.34. The van der Waals surface area contributed by atoms with Gasteiger partial charge in [-0.25, -0.2) is 4.79 Å². The molecule has 0 aromatic heterocycles. The van der Waals surface area contributed by atoms with E-state index >= 15 is 0 Å². The van der Waals surface area contributed by atoms with Crippen LogP contribution in [-0.2, 0) is 9.47 Å². The van der Waals surface area contributed by atoms with Crippen molar-refractivity contribution in [2.75, 3.05) is 13.7 Å². The maximum absolute atomic E-state index is 11.7. The van der Waals surface area contributed by atoms with Gasteiger partial charge >= 0.3 is 6.09 Å².